The highest BCUT2D eigenvalue weighted by Gasteiger charge is 2.25. The van der Waals surface area contributed by atoms with Crippen molar-refractivity contribution in [2.45, 2.75) is 25.9 Å². The molecule has 146 valence electrons. The molecule has 2 atom stereocenters. The van der Waals surface area contributed by atoms with Gasteiger partial charge in [0.15, 0.2) is 5.96 Å². The minimum Gasteiger partial charge on any atom is -0.374 e. The zero-order chi connectivity index (χ0) is 17.5. The molecule has 2 unspecified atom stereocenters. The van der Waals surface area contributed by atoms with E-state index in [0.717, 1.165) is 58.3 Å². The number of hydrogen-bond acceptors (Lipinski definition) is 3. The third-order valence-corrected chi connectivity index (χ3v) is 5.07. The van der Waals surface area contributed by atoms with E-state index in [9.17, 15) is 0 Å². The maximum absolute atomic E-state index is 5.84. The Morgan fingerprint density at radius 2 is 2.04 bits per heavy atom. The Balaban J connectivity index is 0.00000243. The van der Waals surface area contributed by atoms with Crippen LogP contribution in [0.3, 0.4) is 0 Å². The van der Waals surface area contributed by atoms with Gasteiger partial charge in [0, 0.05) is 32.7 Å². The van der Waals surface area contributed by atoms with E-state index >= 15 is 0 Å². The molecule has 0 saturated carbocycles. The summed E-state index contributed by atoms with van der Waals surface area (Å²) < 4.78 is 5.84. The molecule has 1 aromatic carbocycles. The Morgan fingerprint density at radius 3 is 2.77 bits per heavy atom. The first-order valence-electron chi connectivity index (χ1n) is 9.62. The average molecular weight is 472 g/mol. The summed E-state index contributed by atoms with van der Waals surface area (Å²) in [6.45, 7) is 8.78. The van der Waals surface area contributed by atoms with Crippen LogP contribution in [-0.2, 0) is 11.2 Å². The van der Waals surface area contributed by atoms with Crippen molar-refractivity contribution in [1.29, 1.82) is 0 Å². The quantitative estimate of drug-likeness (QED) is 0.406. The number of benzene rings is 1. The van der Waals surface area contributed by atoms with E-state index in [2.05, 4.69) is 59.4 Å². The highest BCUT2D eigenvalue weighted by Crippen LogP contribution is 2.21. The van der Waals surface area contributed by atoms with Gasteiger partial charge < -0.3 is 19.9 Å². The Kier molecular flexibility index (Phi) is 9.15. The summed E-state index contributed by atoms with van der Waals surface area (Å²) in [6.07, 6.45) is 2.62. The molecular weight excluding hydrogens is 439 g/mol. The molecule has 0 spiro atoms. The van der Waals surface area contributed by atoms with E-state index in [1.807, 2.05) is 0 Å². The topological polar surface area (TPSA) is 40.1 Å². The molecule has 0 aliphatic carbocycles. The lowest BCUT2D eigenvalue weighted by molar-refractivity contribution is -0.0137. The molecule has 2 saturated heterocycles. The molecule has 5 nitrogen and oxygen atoms in total. The molecule has 0 bridgehead atoms. The standard InChI is InChI=1S/C20H32N4O.HI/c1-3-21-20(22-14-19-16-23(2)11-12-25-19)24-10-9-18(15-24)13-17-7-5-4-6-8-17;/h4-8,18-19H,3,9-16H2,1-2H3,(H,21,22);1H. The van der Waals surface area contributed by atoms with Crippen LogP contribution in [0.4, 0.5) is 0 Å². The molecular formula is C20H33IN4O. The summed E-state index contributed by atoms with van der Waals surface area (Å²) in [5.41, 5.74) is 1.44. The summed E-state index contributed by atoms with van der Waals surface area (Å²) in [6, 6.07) is 10.8. The number of ether oxygens (including phenoxy) is 1. The van der Waals surface area contributed by atoms with Crippen LogP contribution in [0.2, 0.25) is 0 Å². The first-order chi connectivity index (χ1) is 12.2. The van der Waals surface area contributed by atoms with Crippen LogP contribution in [-0.4, -0.2) is 74.8 Å². The van der Waals surface area contributed by atoms with E-state index < -0.39 is 0 Å². The lowest BCUT2D eigenvalue weighted by Crippen LogP contribution is -2.44. The summed E-state index contributed by atoms with van der Waals surface area (Å²) >= 11 is 0. The van der Waals surface area contributed by atoms with Crippen molar-refractivity contribution in [3.05, 3.63) is 35.9 Å². The van der Waals surface area contributed by atoms with Crippen LogP contribution in [0, 0.1) is 5.92 Å². The van der Waals surface area contributed by atoms with Gasteiger partial charge in [-0.2, -0.15) is 0 Å². The first kappa shape index (κ1) is 21.4. The summed E-state index contributed by atoms with van der Waals surface area (Å²) in [7, 11) is 2.15. The normalized spacial score (nSPS) is 24.4. The zero-order valence-electron chi connectivity index (χ0n) is 16.1. The lowest BCUT2D eigenvalue weighted by atomic mass is 9.99. The minimum atomic E-state index is 0. The van der Waals surface area contributed by atoms with Gasteiger partial charge in [-0.05, 0) is 38.3 Å². The number of likely N-dealkylation sites (tertiary alicyclic amines) is 1. The van der Waals surface area contributed by atoms with Crippen molar-refractivity contribution in [2.24, 2.45) is 10.9 Å². The molecule has 2 aliphatic heterocycles. The smallest absolute Gasteiger partial charge is 0.194 e. The monoisotopic (exact) mass is 472 g/mol. The van der Waals surface area contributed by atoms with Crippen molar-refractivity contribution >= 4 is 29.9 Å². The van der Waals surface area contributed by atoms with Crippen LogP contribution in [0.15, 0.2) is 35.3 Å². The minimum absolute atomic E-state index is 0. The summed E-state index contributed by atoms with van der Waals surface area (Å²) in [5, 5.41) is 3.47. The maximum Gasteiger partial charge on any atom is 0.194 e. The van der Waals surface area contributed by atoms with E-state index in [1.165, 1.54) is 12.0 Å². The van der Waals surface area contributed by atoms with Gasteiger partial charge in [0.2, 0.25) is 0 Å². The second-order valence-electron chi connectivity index (χ2n) is 7.24. The number of hydrogen-bond donors (Lipinski definition) is 1. The van der Waals surface area contributed by atoms with Gasteiger partial charge in [0.05, 0.1) is 19.3 Å². The Labute approximate surface area is 175 Å². The summed E-state index contributed by atoms with van der Waals surface area (Å²) in [5.74, 6) is 1.76. The maximum atomic E-state index is 5.84. The third kappa shape index (κ3) is 6.39. The highest BCUT2D eigenvalue weighted by molar-refractivity contribution is 14.0. The first-order valence-corrected chi connectivity index (χ1v) is 9.62. The number of aliphatic imine (C=N–C) groups is 1. The van der Waals surface area contributed by atoms with Crippen molar-refractivity contribution < 1.29 is 4.74 Å². The number of halogens is 1. The van der Waals surface area contributed by atoms with Gasteiger partial charge >= 0.3 is 0 Å². The highest BCUT2D eigenvalue weighted by atomic mass is 127. The van der Waals surface area contributed by atoms with Crippen molar-refractivity contribution in [3.8, 4) is 0 Å². The average Bonchev–Trinajstić information content (AvgIpc) is 3.08. The Morgan fingerprint density at radius 1 is 1.23 bits per heavy atom. The lowest BCUT2D eigenvalue weighted by Gasteiger charge is -2.29. The van der Waals surface area contributed by atoms with Crippen LogP contribution in [0.25, 0.3) is 0 Å². The van der Waals surface area contributed by atoms with E-state index in [-0.39, 0.29) is 30.1 Å². The molecule has 26 heavy (non-hydrogen) atoms. The molecule has 1 aromatic rings. The van der Waals surface area contributed by atoms with Crippen LogP contribution < -0.4 is 5.32 Å². The van der Waals surface area contributed by atoms with Crippen LogP contribution in [0.1, 0.15) is 18.9 Å². The Hall–Kier alpha value is -0.860. The predicted molar refractivity (Wildman–Crippen MR) is 118 cm³/mol. The fraction of sp³-hybridized carbons (Fsp3) is 0.650. The SMILES string of the molecule is CCNC(=NCC1CN(C)CCO1)N1CCC(Cc2ccccc2)C1.I. The second kappa shape index (κ2) is 11.1. The molecule has 2 aliphatic rings. The molecule has 2 heterocycles. The van der Waals surface area contributed by atoms with E-state index in [0.29, 0.717) is 5.92 Å². The molecule has 6 heteroatoms. The third-order valence-electron chi connectivity index (χ3n) is 5.07. The fourth-order valence-corrected chi connectivity index (χ4v) is 3.73. The number of rotatable bonds is 5. The van der Waals surface area contributed by atoms with Crippen LogP contribution >= 0.6 is 24.0 Å². The van der Waals surface area contributed by atoms with Gasteiger partial charge in [0.1, 0.15) is 0 Å². The van der Waals surface area contributed by atoms with Crippen molar-refractivity contribution in [3.63, 3.8) is 0 Å². The molecule has 3 rings (SSSR count). The number of nitrogens with zero attached hydrogens (tertiary/aromatic N) is 3. The molecule has 0 radical (unpaired) electrons. The second-order valence-corrected chi connectivity index (χ2v) is 7.24. The van der Waals surface area contributed by atoms with Gasteiger partial charge in [0.25, 0.3) is 0 Å². The number of nitrogens with one attached hydrogen (secondary N) is 1. The number of morpholine rings is 1. The van der Waals surface area contributed by atoms with E-state index in [4.69, 9.17) is 9.73 Å². The largest absolute Gasteiger partial charge is 0.374 e. The van der Waals surface area contributed by atoms with Crippen molar-refractivity contribution in [1.82, 2.24) is 15.1 Å². The predicted octanol–water partition coefficient (Wildman–Crippen LogP) is 2.47. The van der Waals surface area contributed by atoms with Gasteiger partial charge in [-0.1, -0.05) is 30.3 Å². The molecule has 0 amide bonds. The van der Waals surface area contributed by atoms with Crippen molar-refractivity contribution in [2.75, 3.05) is 52.9 Å². The summed E-state index contributed by atoms with van der Waals surface area (Å²) in [4.78, 5) is 9.62. The molecule has 2 fully saturated rings. The van der Waals surface area contributed by atoms with Gasteiger partial charge in [-0.15, -0.1) is 24.0 Å². The van der Waals surface area contributed by atoms with Crippen LogP contribution in [0.5, 0.6) is 0 Å². The number of likely N-dealkylation sites (N-methyl/N-ethyl adjacent to an activating group) is 1. The molecule has 0 aromatic heterocycles. The van der Waals surface area contributed by atoms with Gasteiger partial charge in [-0.3, -0.25) is 4.99 Å². The number of guanidine groups is 1. The molecule has 1 N–H and O–H groups in total. The Bertz CT molecular complexity index is 554. The van der Waals surface area contributed by atoms with E-state index in [1.54, 1.807) is 0 Å². The van der Waals surface area contributed by atoms with Gasteiger partial charge in [-0.25, -0.2) is 0 Å². The fourth-order valence-electron chi connectivity index (χ4n) is 3.73. The zero-order valence-corrected chi connectivity index (χ0v) is 18.4.